The topological polar surface area (TPSA) is 79.8 Å². The van der Waals surface area contributed by atoms with E-state index in [1.54, 1.807) is 24.3 Å². The van der Waals surface area contributed by atoms with E-state index in [1.807, 2.05) is 45.0 Å². The molecular weight excluding hydrogens is 424 g/mol. The van der Waals surface area contributed by atoms with Crippen molar-refractivity contribution < 1.29 is 19.4 Å². The maximum atomic E-state index is 13.0. The van der Waals surface area contributed by atoms with Crippen LogP contribution in [0.4, 0.5) is 5.69 Å². The largest absolute Gasteiger partial charge is 0.508 e. The number of nitrogens with one attached hydrogen (secondary N) is 2. The first-order chi connectivity index (χ1) is 15.3. The Hall–Kier alpha value is -3.58. The molecular formula is C25H22N2O4S. The van der Waals surface area contributed by atoms with Gasteiger partial charge in [0.05, 0.1) is 5.56 Å². The van der Waals surface area contributed by atoms with E-state index in [1.165, 1.54) is 6.07 Å². The van der Waals surface area contributed by atoms with Crippen LogP contribution in [0.15, 0.2) is 54.6 Å². The van der Waals surface area contributed by atoms with E-state index in [0.717, 1.165) is 16.8 Å². The van der Waals surface area contributed by atoms with E-state index in [2.05, 4.69) is 10.6 Å². The van der Waals surface area contributed by atoms with Crippen molar-refractivity contribution in [2.24, 2.45) is 0 Å². The summed E-state index contributed by atoms with van der Waals surface area (Å²) in [5.74, 6) is 0.681. The minimum atomic E-state index is -1.19. The average Bonchev–Trinajstić information content (AvgIpc) is 2.99. The maximum Gasteiger partial charge on any atom is 0.340 e. The first-order valence-corrected chi connectivity index (χ1v) is 10.8. The summed E-state index contributed by atoms with van der Waals surface area (Å²) in [6.45, 7) is 5.98. The molecule has 1 unspecified atom stereocenters. The van der Waals surface area contributed by atoms with Crippen molar-refractivity contribution >= 4 is 29.0 Å². The zero-order valence-corrected chi connectivity index (χ0v) is 18.7. The molecule has 6 nitrogen and oxygen atoms in total. The molecule has 2 heterocycles. The second-order valence-corrected chi connectivity index (χ2v) is 8.77. The van der Waals surface area contributed by atoms with E-state index in [-0.39, 0.29) is 11.8 Å². The smallest absolute Gasteiger partial charge is 0.340 e. The van der Waals surface area contributed by atoms with Crippen LogP contribution in [-0.4, -0.2) is 22.2 Å². The van der Waals surface area contributed by atoms with Gasteiger partial charge in [0.2, 0.25) is 0 Å². The molecule has 0 aliphatic carbocycles. The van der Waals surface area contributed by atoms with Gasteiger partial charge in [0.15, 0.2) is 10.7 Å². The van der Waals surface area contributed by atoms with Crippen LogP contribution in [0.25, 0.3) is 0 Å². The summed E-state index contributed by atoms with van der Waals surface area (Å²) in [5.41, 5.74) is 3.10. The molecule has 3 aromatic rings. The number of carbonyl (C=O) groups is 1. The number of hydrogen-bond donors (Lipinski definition) is 3. The third kappa shape index (κ3) is 3.08. The fourth-order valence-electron chi connectivity index (χ4n) is 4.32. The van der Waals surface area contributed by atoms with Gasteiger partial charge in [-0.15, -0.1) is 0 Å². The van der Waals surface area contributed by atoms with E-state index in [9.17, 15) is 9.90 Å². The highest BCUT2D eigenvalue weighted by Gasteiger charge is 2.53. The monoisotopic (exact) mass is 446 g/mol. The van der Waals surface area contributed by atoms with Gasteiger partial charge in [-0.2, -0.15) is 0 Å². The van der Waals surface area contributed by atoms with E-state index in [4.69, 9.17) is 21.7 Å². The van der Waals surface area contributed by atoms with Crippen LogP contribution in [-0.2, 0) is 10.3 Å². The van der Waals surface area contributed by atoms with Crippen molar-refractivity contribution in [3.8, 4) is 17.2 Å². The molecule has 0 bridgehead atoms. The third-order valence-electron chi connectivity index (χ3n) is 5.62. The first-order valence-electron chi connectivity index (χ1n) is 10.4. The quantitative estimate of drug-likeness (QED) is 0.379. The Morgan fingerprint density at radius 1 is 1.00 bits per heavy atom. The predicted octanol–water partition coefficient (Wildman–Crippen LogP) is 4.96. The molecule has 7 heteroatoms. The van der Waals surface area contributed by atoms with Gasteiger partial charge in [-0.1, -0.05) is 12.1 Å². The summed E-state index contributed by atoms with van der Waals surface area (Å²) in [4.78, 5) is 13.0. The number of esters is 1. The van der Waals surface area contributed by atoms with Gasteiger partial charge in [-0.05, 0) is 75.0 Å². The van der Waals surface area contributed by atoms with Crippen molar-refractivity contribution in [3.05, 3.63) is 82.4 Å². The van der Waals surface area contributed by atoms with Crippen molar-refractivity contribution in [2.45, 2.75) is 32.4 Å². The van der Waals surface area contributed by atoms with Crippen molar-refractivity contribution in [3.63, 3.8) is 0 Å². The van der Waals surface area contributed by atoms with Crippen molar-refractivity contribution in [2.75, 3.05) is 5.32 Å². The normalized spacial score (nSPS) is 17.8. The molecule has 32 heavy (non-hydrogen) atoms. The Labute approximate surface area is 191 Å². The van der Waals surface area contributed by atoms with E-state index < -0.39 is 11.6 Å². The number of fused-ring (bicyclic) bond motifs is 6. The number of ether oxygens (including phenoxy) is 2. The van der Waals surface area contributed by atoms with Crippen LogP contribution in [0.3, 0.4) is 0 Å². The zero-order valence-electron chi connectivity index (χ0n) is 17.9. The predicted molar refractivity (Wildman–Crippen MR) is 126 cm³/mol. The highest BCUT2D eigenvalue weighted by molar-refractivity contribution is 7.80. The summed E-state index contributed by atoms with van der Waals surface area (Å²) >= 11 is 5.40. The number of phenols is 1. The number of aromatic hydroxyl groups is 1. The Balaban J connectivity index is 1.72. The number of aryl methyl sites for hydroxylation is 1. The van der Waals surface area contributed by atoms with Crippen molar-refractivity contribution in [1.82, 2.24) is 5.32 Å². The first kappa shape index (κ1) is 20.3. The Bertz CT molecular complexity index is 1230. The Morgan fingerprint density at radius 2 is 1.72 bits per heavy atom. The third-order valence-corrected chi connectivity index (χ3v) is 5.84. The van der Waals surface area contributed by atoms with Crippen LogP contribution >= 0.6 is 12.2 Å². The van der Waals surface area contributed by atoms with Crippen LogP contribution in [0.1, 0.15) is 46.5 Å². The number of anilines is 1. The molecule has 0 saturated heterocycles. The number of rotatable bonds is 2. The van der Waals surface area contributed by atoms with Crippen molar-refractivity contribution in [1.29, 1.82) is 0 Å². The molecule has 1 atom stereocenters. The lowest BCUT2D eigenvalue weighted by atomic mass is 9.77. The minimum Gasteiger partial charge on any atom is -0.508 e. The highest BCUT2D eigenvalue weighted by Crippen LogP contribution is 2.56. The molecule has 5 rings (SSSR count). The number of carbonyl (C=O) groups excluding carboxylic acids is 1. The molecule has 0 amide bonds. The van der Waals surface area contributed by atoms with Crippen LogP contribution in [0.2, 0.25) is 0 Å². The molecule has 3 N–H and O–H groups in total. The lowest BCUT2D eigenvalue weighted by Crippen LogP contribution is -2.34. The fraction of sp³-hybridized carbons (Fsp3) is 0.200. The zero-order chi connectivity index (χ0) is 22.6. The van der Waals surface area contributed by atoms with Crippen LogP contribution in [0.5, 0.6) is 17.2 Å². The summed E-state index contributed by atoms with van der Waals surface area (Å²) in [5, 5.41) is 16.9. The summed E-state index contributed by atoms with van der Waals surface area (Å²) in [6, 6.07) is 16.3. The molecule has 0 fully saturated rings. The number of thiocarbonyl (C=S) groups is 1. The molecule has 0 aromatic heterocycles. The molecule has 2 aliphatic heterocycles. The number of phenolic OH excluding ortho intramolecular Hbond substituents is 1. The summed E-state index contributed by atoms with van der Waals surface area (Å²) in [7, 11) is 0. The molecule has 1 spiro atoms. The molecule has 0 saturated carbocycles. The maximum absolute atomic E-state index is 13.0. The summed E-state index contributed by atoms with van der Waals surface area (Å²) in [6.07, 6.45) is 0. The Morgan fingerprint density at radius 3 is 2.47 bits per heavy atom. The average molecular weight is 447 g/mol. The van der Waals surface area contributed by atoms with Crippen LogP contribution < -0.4 is 15.4 Å². The second kappa shape index (κ2) is 7.24. The van der Waals surface area contributed by atoms with Gasteiger partial charge in [0.25, 0.3) is 0 Å². The highest BCUT2D eigenvalue weighted by atomic mass is 32.1. The van der Waals surface area contributed by atoms with Crippen LogP contribution in [0, 0.1) is 6.92 Å². The van der Waals surface area contributed by atoms with Gasteiger partial charge in [-0.25, -0.2) is 4.79 Å². The molecule has 3 aromatic carbocycles. The fourth-order valence-corrected chi connectivity index (χ4v) is 4.68. The van der Waals surface area contributed by atoms with Gasteiger partial charge in [0.1, 0.15) is 17.2 Å². The molecule has 162 valence electrons. The van der Waals surface area contributed by atoms with Gasteiger partial charge < -0.3 is 25.2 Å². The number of hydrogen-bond acceptors (Lipinski definition) is 5. The molecule has 0 radical (unpaired) electrons. The van der Waals surface area contributed by atoms with Gasteiger partial charge >= 0.3 is 5.97 Å². The lowest BCUT2D eigenvalue weighted by molar-refractivity contribution is 0.0224. The molecule has 2 aliphatic rings. The van der Waals surface area contributed by atoms with E-state index in [0.29, 0.717) is 33.3 Å². The second-order valence-electron chi connectivity index (χ2n) is 8.37. The Kier molecular flexibility index (Phi) is 4.60. The standard InChI is InChI=1S/C25H22N2O4S/c1-13(2)26-24(32)27-15-5-7-17-20(11-15)25(31-23(17)29)18-8-4-14(3)10-21(18)30-22-12-16(28)6-9-19(22)25/h4-13,28H,1-3H3,(H2,26,27,32). The van der Waals surface area contributed by atoms with Gasteiger partial charge in [0, 0.05) is 34.5 Å². The van der Waals surface area contributed by atoms with E-state index >= 15 is 0 Å². The van der Waals surface area contributed by atoms with Gasteiger partial charge in [-0.3, -0.25) is 0 Å². The summed E-state index contributed by atoms with van der Waals surface area (Å²) < 4.78 is 12.3. The lowest BCUT2D eigenvalue weighted by Gasteiger charge is -2.36. The minimum absolute atomic E-state index is 0.0695. The number of benzene rings is 3. The SMILES string of the molecule is Cc1ccc2c(c1)Oc1cc(O)ccc1C21OC(=O)c2ccc(NC(=S)NC(C)C)cc21.